The molecule has 2 aromatic heterocycles. The summed E-state index contributed by atoms with van der Waals surface area (Å²) in [5.41, 5.74) is -0.195. The number of aromatic nitrogens is 2. The summed E-state index contributed by atoms with van der Waals surface area (Å²) in [5, 5.41) is 13.1. The van der Waals surface area contributed by atoms with E-state index in [-0.39, 0.29) is 27.2 Å². The molecule has 20 heavy (non-hydrogen) atoms. The van der Waals surface area contributed by atoms with Gasteiger partial charge in [-0.15, -0.1) is 0 Å². The Morgan fingerprint density at radius 2 is 2.05 bits per heavy atom. The number of halogens is 2. The second-order valence-electron chi connectivity index (χ2n) is 3.58. The fraction of sp³-hybridized carbons (Fsp3) is 0. The molecule has 9 heteroatoms. The van der Waals surface area contributed by atoms with Gasteiger partial charge in [0.1, 0.15) is 11.3 Å². The zero-order valence-corrected chi connectivity index (χ0v) is 11.2. The van der Waals surface area contributed by atoms with Crippen molar-refractivity contribution in [1.82, 2.24) is 9.97 Å². The number of pyridine rings is 2. The maximum Gasteiger partial charge on any atom is 0.288 e. The molecule has 0 aliphatic carbocycles. The minimum Gasteiger partial charge on any atom is -0.319 e. The number of rotatable bonds is 3. The second kappa shape index (κ2) is 5.81. The number of carbonyl (C=O) groups excluding carboxylic acids is 1. The molecule has 1 amide bonds. The van der Waals surface area contributed by atoms with E-state index in [4.69, 9.17) is 23.2 Å². The standard InChI is InChI=1S/C11H6Cl2N4O3/c12-9-7(4-6(5-15-9)17(19)20)11(18)16-8-2-1-3-14-10(8)13/h1-5H,(H,16,18). The zero-order chi connectivity index (χ0) is 14.7. The lowest BCUT2D eigenvalue weighted by molar-refractivity contribution is -0.385. The van der Waals surface area contributed by atoms with E-state index in [9.17, 15) is 14.9 Å². The third-order valence-corrected chi connectivity index (χ3v) is 2.89. The Labute approximate surface area is 122 Å². The van der Waals surface area contributed by atoms with Gasteiger partial charge in [0.25, 0.3) is 11.6 Å². The molecule has 0 unspecified atom stereocenters. The van der Waals surface area contributed by atoms with Crippen molar-refractivity contribution in [3.05, 3.63) is 56.6 Å². The maximum absolute atomic E-state index is 12.0. The van der Waals surface area contributed by atoms with Gasteiger partial charge in [0.2, 0.25) is 0 Å². The Hall–Kier alpha value is -2.25. The van der Waals surface area contributed by atoms with E-state index in [0.29, 0.717) is 0 Å². The fourth-order valence-corrected chi connectivity index (χ4v) is 1.72. The van der Waals surface area contributed by atoms with Crippen LogP contribution in [0.5, 0.6) is 0 Å². The van der Waals surface area contributed by atoms with E-state index in [1.807, 2.05) is 0 Å². The molecule has 0 bridgehead atoms. The van der Waals surface area contributed by atoms with Gasteiger partial charge >= 0.3 is 0 Å². The molecule has 0 saturated heterocycles. The van der Waals surface area contributed by atoms with E-state index in [1.165, 1.54) is 12.3 Å². The van der Waals surface area contributed by atoms with Crippen LogP contribution >= 0.6 is 23.2 Å². The van der Waals surface area contributed by atoms with Gasteiger partial charge < -0.3 is 5.32 Å². The lowest BCUT2D eigenvalue weighted by Gasteiger charge is -2.07. The fourth-order valence-electron chi connectivity index (χ4n) is 1.37. The van der Waals surface area contributed by atoms with Gasteiger partial charge in [-0.05, 0) is 12.1 Å². The van der Waals surface area contributed by atoms with Crippen LogP contribution in [0.15, 0.2) is 30.6 Å². The Balaban J connectivity index is 2.32. The molecule has 0 atom stereocenters. The minimum atomic E-state index is -0.669. The van der Waals surface area contributed by atoms with Crippen LogP contribution in [-0.4, -0.2) is 20.8 Å². The third kappa shape index (κ3) is 3.01. The SMILES string of the molecule is O=C(Nc1cccnc1Cl)c1cc([N+](=O)[O-])cnc1Cl. The number of anilines is 1. The first-order chi connectivity index (χ1) is 9.49. The summed E-state index contributed by atoms with van der Waals surface area (Å²) in [6, 6.07) is 4.15. The highest BCUT2D eigenvalue weighted by Gasteiger charge is 2.18. The number of hydrogen-bond donors (Lipinski definition) is 1. The van der Waals surface area contributed by atoms with Gasteiger partial charge in [0.05, 0.1) is 16.2 Å². The number of hydrogen-bond acceptors (Lipinski definition) is 5. The predicted molar refractivity (Wildman–Crippen MR) is 73.1 cm³/mol. The highest BCUT2D eigenvalue weighted by Crippen LogP contribution is 2.22. The number of nitrogens with zero attached hydrogens (tertiary/aromatic N) is 3. The minimum absolute atomic E-state index is 0.0929. The quantitative estimate of drug-likeness (QED) is 0.533. The topological polar surface area (TPSA) is 98.0 Å². The highest BCUT2D eigenvalue weighted by atomic mass is 35.5. The van der Waals surface area contributed by atoms with Gasteiger partial charge in [-0.3, -0.25) is 14.9 Å². The van der Waals surface area contributed by atoms with Crippen molar-refractivity contribution in [2.24, 2.45) is 0 Å². The smallest absolute Gasteiger partial charge is 0.288 e. The van der Waals surface area contributed by atoms with Crippen molar-refractivity contribution in [2.45, 2.75) is 0 Å². The second-order valence-corrected chi connectivity index (χ2v) is 4.30. The van der Waals surface area contributed by atoms with Crippen LogP contribution in [-0.2, 0) is 0 Å². The Kier molecular flexibility index (Phi) is 4.11. The van der Waals surface area contributed by atoms with Gasteiger partial charge in [-0.1, -0.05) is 23.2 Å². The van der Waals surface area contributed by atoms with Gasteiger partial charge in [-0.2, -0.15) is 0 Å². The number of nitrogens with one attached hydrogen (secondary N) is 1. The van der Waals surface area contributed by atoms with E-state index in [2.05, 4.69) is 15.3 Å². The molecule has 2 rings (SSSR count). The van der Waals surface area contributed by atoms with E-state index in [1.54, 1.807) is 6.07 Å². The molecule has 2 heterocycles. The molecule has 0 saturated carbocycles. The average molecular weight is 313 g/mol. The first kappa shape index (κ1) is 14.2. The summed E-state index contributed by atoms with van der Waals surface area (Å²) in [6.07, 6.45) is 2.43. The van der Waals surface area contributed by atoms with Crippen molar-refractivity contribution in [3.8, 4) is 0 Å². The first-order valence-electron chi connectivity index (χ1n) is 5.21. The lowest BCUT2D eigenvalue weighted by atomic mass is 10.2. The van der Waals surface area contributed by atoms with Crippen molar-refractivity contribution in [1.29, 1.82) is 0 Å². The largest absolute Gasteiger partial charge is 0.319 e. The van der Waals surface area contributed by atoms with E-state index >= 15 is 0 Å². The summed E-state index contributed by atoms with van der Waals surface area (Å²) in [7, 11) is 0. The molecule has 7 nitrogen and oxygen atoms in total. The molecule has 0 spiro atoms. The first-order valence-corrected chi connectivity index (χ1v) is 5.96. The van der Waals surface area contributed by atoms with Crippen LogP contribution in [0.2, 0.25) is 10.3 Å². The average Bonchev–Trinajstić information content (AvgIpc) is 2.41. The molecule has 1 N–H and O–H groups in total. The lowest BCUT2D eigenvalue weighted by Crippen LogP contribution is -2.14. The van der Waals surface area contributed by atoms with Gasteiger partial charge in [-0.25, -0.2) is 9.97 Å². The molecular weight excluding hydrogens is 307 g/mol. The zero-order valence-electron chi connectivity index (χ0n) is 9.71. The number of nitro groups is 1. The summed E-state index contributed by atoms with van der Waals surface area (Å²) in [6.45, 7) is 0. The van der Waals surface area contributed by atoms with Crippen molar-refractivity contribution in [2.75, 3.05) is 5.32 Å². The van der Waals surface area contributed by atoms with Crippen LogP contribution in [0.4, 0.5) is 11.4 Å². The van der Waals surface area contributed by atoms with Crippen LogP contribution in [0.25, 0.3) is 0 Å². The molecule has 0 aliphatic rings. The normalized spacial score (nSPS) is 10.1. The van der Waals surface area contributed by atoms with Crippen LogP contribution in [0.3, 0.4) is 0 Å². The van der Waals surface area contributed by atoms with Crippen LogP contribution < -0.4 is 5.32 Å². The Morgan fingerprint density at radius 3 is 2.70 bits per heavy atom. The summed E-state index contributed by atoms with van der Waals surface area (Å²) >= 11 is 11.6. The highest BCUT2D eigenvalue weighted by molar-refractivity contribution is 6.34. The Morgan fingerprint density at radius 1 is 1.30 bits per heavy atom. The summed E-state index contributed by atoms with van der Waals surface area (Å²) < 4.78 is 0. The predicted octanol–water partition coefficient (Wildman–Crippen LogP) is 2.94. The van der Waals surface area contributed by atoms with Crippen LogP contribution in [0, 0.1) is 10.1 Å². The molecule has 0 aromatic carbocycles. The summed E-state index contributed by atoms with van der Waals surface area (Å²) in [4.78, 5) is 29.4. The van der Waals surface area contributed by atoms with Crippen molar-refractivity contribution in [3.63, 3.8) is 0 Å². The summed E-state index contributed by atoms with van der Waals surface area (Å²) in [5.74, 6) is -0.666. The molecule has 0 aliphatic heterocycles. The molecule has 102 valence electrons. The van der Waals surface area contributed by atoms with Crippen molar-refractivity contribution >= 4 is 40.5 Å². The van der Waals surface area contributed by atoms with Gasteiger partial charge in [0.15, 0.2) is 5.15 Å². The molecule has 2 aromatic rings. The molecule has 0 radical (unpaired) electrons. The molecular formula is C11H6Cl2N4O3. The molecule has 0 fully saturated rings. The van der Waals surface area contributed by atoms with Gasteiger partial charge in [0, 0.05) is 12.3 Å². The van der Waals surface area contributed by atoms with Crippen LogP contribution in [0.1, 0.15) is 10.4 Å². The van der Waals surface area contributed by atoms with E-state index in [0.717, 1.165) is 12.3 Å². The third-order valence-electron chi connectivity index (χ3n) is 2.29. The Bertz CT molecular complexity index is 693. The monoisotopic (exact) mass is 312 g/mol. The maximum atomic E-state index is 12.0. The van der Waals surface area contributed by atoms with Crippen molar-refractivity contribution < 1.29 is 9.72 Å². The van der Waals surface area contributed by atoms with E-state index < -0.39 is 10.8 Å². The number of carbonyl (C=O) groups is 1. The number of amides is 1.